The van der Waals surface area contributed by atoms with Crippen LogP contribution in [0.2, 0.25) is 0 Å². The summed E-state index contributed by atoms with van der Waals surface area (Å²) in [6, 6.07) is 12.6. The van der Waals surface area contributed by atoms with E-state index in [0.717, 1.165) is 37.2 Å². The van der Waals surface area contributed by atoms with E-state index in [0.29, 0.717) is 17.5 Å². The maximum Gasteiger partial charge on any atom is 0.287 e. The van der Waals surface area contributed by atoms with Crippen LogP contribution in [0.15, 0.2) is 46.9 Å². The van der Waals surface area contributed by atoms with Gasteiger partial charge in [0.15, 0.2) is 17.2 Å². The SMILES string of the molecule is COc1ccccc1[C@H](CNC(=O)c1oc2c(F)cccc2c1C)N1CCCC1. The highest BCUT2D eigenvalue weighted by Gasteiger charge is 2.27. The Hall–Kier alpha value is -2.86. The third-order valence-electron chi connectivity index (χ3n) is 5.66. The Bertz CT molecular complexity index is 1020. The Morgan fingerprint density at radius 1 is 1.21 bits per heavy atom. The molecule has 0 spiro atoms. The first-order chi connectivity index (χ1) is 14.1. The number of amides is 1. The highest BCUT2D eigenvalue weighted by atomic mass is 19.1. The zero-order chi connectivity index (χ0) is 20.4. The van der Waals surface area contributed by atoms with Crippen LogP contribution in [0.25, 0.3) is 11.0 Å². The number of furan rings is 1. The second kappa shape index (κ2) is 8.25. The molecule has 1 amide bonds. The van der Waals surface area contributed by atoms with Gasteiger partial charge in [0.25, 0.3) is 5.91 Å². The predicted octanol–water partition coefficient (Wildman–Crippen LogP) is 4.46. The van der Waals surface area contributed by atoms with Gasteiger partial charge >= 0.3 is 0 Å². The molecule has 1 aliphatic rings. The third-order valence-corrected chi connectivity index (χ3v) is 5.66. The van der Waals surface area contributed by atoms with Crippen molar-refractivity contribution < 1.29 is 18.3 Å². The van der Waals surface area contributed by atoms with Crippen LogP contribution in [0.4, 0.5) is 4.39 Å². The van der Waals surface area contributed by atoms with E-state index in [-0.39, 0.29) is 23.3 Å². The molecule has 0 bridgehead atoms. The Morgan fingerprint density at radius 2 is 1.97 bits per heavy atom. The Labute approximate surface area is 169 Å². The molecular weight excluding hydrogens is 371 g/mol. The Morgan fingerprint density at radius 3 is 2.69 bits per heavy atom. The van der Waals surface area contributed by atoms with Gasteiger partial charge in [-0.2, -0.15) is 0 Å². The summed E-state index contributed by atoms with van der Waals surface area (Å²) >= 11 is 0. The van der Waals surface area contributed by atoms with Crippen molar-refractivity contribution in [3.8, 4) is 5.75 Å². The van der Waals surface area contributed by atoms with Crippen LogP contribution in [-0.4, -0.2) is 37.6 Å². The van der Waals surface area contributed by atoms with Crippen molar-refractivity contribution in [2.24, 2.45) is 0 Å². The zero-order valence-electron chi connectivity index (χ0n) is 16.7. The van der Waals surface area contributed by atoms with E-state index in [1.807, 2.05) is 24.3 Å². The van der Waals surface area contributed by atoms with E-state index in [2.05, 4.69) is 10.2 Å². The van der Waals surface area contributed by atoms with Gasteiger partial charge in [-0.1, -0.05) is 30.3 Å². The van der Waals surface area contributed by atoms with Crippen LogP contribution < -0.4 is 10.1 Å². The van der Waals surface area contributed by atoms with Crippen molar-refractivity contribution in [2.75, 3.05) is 26.7 Å². The Kier molecular flexibility index (Phi) is 5.53. The largest absolute Gasteiger partial charge is 0.496 e. The number of nitrogens with zero attached hydrogens (tertiary/aromatic N) is 1. The normalized spacial score (nSPS) is 15.6. The minimum Gasteiger partial charge on any atom is -0.496 e. The number of fused-ring (bicyclic) bond motifs is 1. The number of hydrogen-bond acceptors (Lipinski definition) is 4. The lowest BCUT2D eigenvalue weighted by molar-refractivity contribution is 0.0910. The van der Waals surface area contributed by atoms with E-state index < -0.39 is 5.82 Å². The summed E-state index contributed by atoms with van der Waals surface area (Å²) < 4.78 is 25.1. The summed E-state index contributed by atoms with van der Waals surface area (Å²) in [5, 5.41) is 3.62. The van der Waals surface area contributed by atoms with Gasteiger partial charge in [0.1, 0.15) is 5.75 Å². The van der Waals surface area contributed by atoms with Gasteiger partial charge in [-0.05, 0) is 45.0 Å². The summed E-state index contributed by atoms with van der Waals surface area (Å²) in [6.07, 6.45) is 2.28. The standard InChI is InChI=1S/C23H25FN2O3/c1-15-16-9-7-10-18(24)22(16)29-21(15)23(27)25-14-19(26-12-5-6-13-26)17-8-3-4-11-20(17)28-2/h3-4,7-11,19H,5-6,12-14H2,1-2H3,(H,25,27)/t19-/m0/s1. The third kappa shape index (κ3) is 3.72. The molecule has 4 rings (SSSR count). The number of ether oxygens (including phenoxy) is 1. The summed E-state index contributed by atoms with van der Waals surface area (Å²) in [4.78, 5) is 15.2. The number of hydrogen-bond donors (Lipinski definition) is 1. The van der Waals surface area contributed by atoms with Gasteiger partial charge in [-0.25, -0.2) is 4.39 Å². The molecule has 0 radical (unpaired) electrons. The summed E-state index contributed by atoms with van der Waals surface area (Å²) in [6.45, 7) is 4.15. The molecule has 0 saturated carbocycles. The maximum absolute atomic E-state index is 14.0. The molecule has 1 atom stereocenters. The highest BCUT2D eigenvalue weighted by Crippen LogP contribution is 2.32. The smallest absolute Gasteiger partial charge is 0.287 e. The molecule has 29 heavy (non-hydrogen) atoms. The van der Waals surface area contributed by atoms with Crippen molar-refractivity contribution in [2.45, 2.75) is 25.8 Å². The monoisotopic (exact) mass is 396 g/mol. The molecule has 1 aliphatic heterocycles. The number of methoxy groups -OCH3 is 1. The number of carbonyl (C=O) groups excluding carboxylic acids is 1. The molecule has 0 aliphatic carbocycles. The van der Waals surface area contributed by atoms with Gasteiger partial charge in [0, 0.05) is 23.1 Å². The van der Waals surface area contributed by atoms with Crippen molar-refractivity contribution in [1.82, 2.24) is 10.2 Å². The average molecular weight is 396 g/mol. The van der Waals surface area contributed by atoms with Gasteiger partial charge in [0.05, 0.1) is 13.2 Å². The fourth-order valence-electron chi connectivity index (χ4n) is 4.13. The molecular formula is C23H25FN2O3. The quantitative estimate of drug-likeness (QED) is 0.669. The number of halogens is 1. The fourth-order valence-corrected chi connectivity index (χ4v) is 4.13. The van der Waals surface area contributed by atoms with E-state index in [1.165, 1.54) is 6.07 Å². The summed E-state index contributed by atoms with van der Waals surface area (Å²) in [5.41, 5.74) is 1.81. The van der Waals surface area contributed by atoms with Crippen LogP contribution in [0, 0.1) is 12.7 Å². The van der Waals surface area contributed by atoms with Crippen molar-refractivity contribution in [3.05, 3.63) is 65.2 Å². The molecule has 2 heterocycles. The number of rotatable bonds is 6. The topological polar surface area (TPSA) is 54.7 Å². The van der Waals surface area contributed by atoms with E-state index in [9.17, 15) is 9.18 Å². The second-order valence-corrected chi connectivity index (χ2v) is 7.38. The van der Waals surface area contributed by atoms with E-state index in [4.69, 9.17) is 9.15 Å². The number of nitrogens with one attached hydrogen (secondary N) is 1. The van der Waals surface area contributed by atoms with Crippen LogP contribution in [0.3, 0.4) is 0 Å². The summed E-state index contributed by atoms with van der Waals surface area (Å²) in [5.74, 6) is 0.164. The van der Waals surface area contributed by atoms with E-state index >= 15 is 0 Å². The van der Waals surface area contributed by atoms with E-state index in [1.54, 1.807) is 26.2 Å². The second-order valence-electron chi connectivity index (χ2n) is 7.38. The maximum atomic E-state index is 14.0. The van der Waals surface area contributed by atoms with Crippen LogP contribution in [-0.2, 0) is 0 Å². The molecule has 5 nitrogen and oxygen atoms in total. The number of para-hydroxylation sites is 2. The van der Waals surface area contributed by atoms with Crippen molar-refractivity contribution >= 4 is 16.9 Å². The first-order valence-electron chi connectivity index (χ1n) is 9.93. The first-order valence-corrected chi connectivity index (χ1v) is 9.93. The lowest BCUT2D eigenvalue weighted by atomic mass is 10.0. The molecule has 1 aromatic heterocycles. The van der Waals surface area contributed by atoms with Crippen molar-refractivity contribution in [1.29, 1.82) is 0 Å². The predicted molar refractivity (Wildman–Crippen MR) is 110 cm³/mol. The minimum absolute atomic E-state index is 0.000907. The highest BCUT2D eigenvalue weighted by molar-refractivity contribution is 5.99. The van der Waals surface area contributed by atoms with Crippen molar-refractivity contribution in [3.63, 3.8) is 0 Å². The molecule has 3 aromatic rings. The van der Waals surface area contributed by atoms with Gasteiger partial charge in [0.2, 0.25) is 0 Å². The van der Waals surface area contributed by atoms with Gasteiger partial charge in [-0.3, -0.25) is 9.69 Å². The van der Waals surface area contributed by atoms with Crippen LogP contribution in [0.1, 0.15) is 40.6 Å². The summed E-state index contributed by atoms with van der Waals surface area (Å²) in [7, 11) is 1.66. The molecule has 152 valence electrons. The number of aryl methyl sites for hydroxylation is 1. The number of benzene rings is 2. The number of carbonyl (C=O) groups is 1. The molecule has 2 aromatic carbocycles. The fraction of sp³-hybridized carbons (Fsp3) is 0.348. The lowest BCUT2D eigenvalue weighted by Gasteiger charge is -2.29. The molecule has 1 saturated heterocycles. The Balaban J connectivity index is 1.58. The molecule has 1 fully saturated rings. The molecule has 0 unspecified atom stereocenters. The minimum atomic E-state index is -0.464. The van der Waals surface area contributed by atoms with Crippen LogP contribution >= 0.6 is 0 Å². The molecule has 1 N–H and O–H groups in total. The number of likely N-dealkylation sites (tertiary alicyclic amines) is 1. The zero-order valence-corrected chi connectivity index (χ0v) is 16.7. The molecule has 6 heteroatoms. The van der Waals surface area contributed by atoms with Gasteiger partial charge < -0.3 is 14.5 Å². The van der Waals surface area contributed by atoms with Crippen LogP contribution in [0.5, 0.6) is 5.75 Å². The van der Waals surface area contributed by atoms with Gasteiger partial charge in [-0.15, -0.1) is 0 Å². The average Bonchev–Trinajstić information content (AvgIpc) is 3.38. The lowest BCUT2D eigenvalue weighted by Crippen LogP contribution is -2.37. The first kappa shape index (κ1) is 19.5.